The maximum Gasteiger partial charge on any atom is 0.311 e. The molecule has 0 spiro atoms. The van der Waals surface area contributed by atoms with Gasteiger partial charge in [0.2, 0.25) is 0 Å². The Balaban J connectivity index is 2.98. The molecule has 0 aliphatic rings. The Kier molecular flexibility index (Phi) is 3.85. The number of aliphatic carboxylic acids is 2. The Labute approximate surface area is 94.7 Å². The number of rotatable bonds is 4. The fourth-order valence-electron chi connectivity index (χ4n) is 1.25. The van der Waals surface area contributed by atoms with Gasteiger partial charge in [0.1, 0.15) is 0 Å². The first-order chi connectivity index (χ1) is 7.00. The highest BCUT2D eigenvalue weighted by Crippen LogP contribution is 2.23. The van der Waals surface area contributed by atoms with Crippen LogP contribution in [0.1, 0.15) is 17.9 Å². The molecule has 0 saturated carbocycles. The Morgan fingerprint density at radius 2 is 2.00 bits per heavy atom. The van der Waals surface area contributed by atoms with Gasteiger partial charge in [-0.1, -0.05) is 28.1 Å². The first kappa shape index (κ1) is 11.7. The third kappa shape index (κ3) is 3.36. The summed E-state index contributed by atoms with van der Waals surface area (Å²) >= 11 is 3.21. The van der Waals surface area contributed by atoms with Crippen LogP contribution in [0.25, 0.3) is 0 Å². The van der Waals surface area contributed by atoms with E-state index in [1.54, 1.807) is 24.3 Å². The van der Waals surface area contributed by atoms with Crippen LogP contribution >= 0.6 is 15.9 Å². The van der Waals surface area contributed by atoms with Crippen LogP contribution in [0.5, 0.6) is 0 Å². The Bertz CT molecular complexity index is 389. The number of halogens is 1. The van der Waals surface area contributed by atoms with Crippen molar-refractivity contribution in [3.05, 3.63) is 34.3 Å². The van der Waals surface area contributed by atoms with Gasteiger partial charge >= 0.3 is 11.9 Å². The van der Waals surface area contributed by atoms with E-state index in [4.69, 9.17) is 10.2 Å². The molecule has 0 bridgehead atoms. The smallest absolute Gasteiger partial charge is 0.311 e. The summed E-state index contributed by atoms with van der Waals surface area (Å²) in [6.07, 6.45) is -0.411. The van der Waals surface area contributed by atoms with Crippen molar-refractivity contribution in [2.75, 3.05) is 0 Å². The Morgan fingerprint density at radius 1 is 1.33 bits per heavy atom. The van der Waals surface area contributed by atoms with Crippen LogP contribution in [0.4, 0.5) is 0 Å². The molecule has 1 aromatic rings. The maximum atomic E-state index is 10.9. The SMILES string of the molecule is O=C(O)C[C@H](C(=O)O)c1cccc(Br)c1. The van der Waals surface area contributed by atoms with Gasteiger partial charge < -0.3 is 10.2 Å². The Morgan fingerprint density at radius 3 is 2.47 bits per heavy atom. The molecule has 1 rings (SSSR count). The van der Waals surface area contributed by atoms with E-state index in [1.165, 1.54) is 0 Å². The zero-order chi connectivity index (χ0) is 11.4. The minimum absolute atomic E-state index is 0.411. The molecule has 0 heterocycles. The molecule has 0 amide bonds. The average Bonchev–Trinajstić information content (AvgIpc) is 2.13. The lowest BCUT2D eigenvalue weighted by molar-refractivity contribution is -0.145. The zero-order valence-corrected chi connectivity index (χ0v) is 9.27. The molecule has 4 nitrogen and oxygen atoms in total. The molecular weight excluding hydrogens is 264 g/mol. The molecule has 1 aromatic carbocycles. The third-order valence-corrected chi connectivity index (χ3v) is 2.42. The summed E-state index contributed by atoms with van der Waals surface area (Å²) in [5, 5.41) is 17.5. The lowest BCUT2D eigenvalue weighted by Gasteiger charge is -2.10. The fraction of sp³-hybridized carbons (Fsp3) is 0.200. The van der Waals surface area contributed by atoms with Crippen LogP contribution in [-0.4, -0.2) is 22.2 Å². The summed E-state index contributed by atoms with van der Waals surface area (Å²) < 4.78 is 0.733. The predicted octanol–water partition coefficient (Wildman–Crippen LogP) is 2.09. The van der Waals surface area contributed by atoms with Crippen LogP contribution in [0, 0.1) is 0 Å². The van der Waals surface area contributed by atoms with Crippen LogP contribution in [0.3, 0.4) is 0 Å². The summed E-state index contributed by atoms with van der Waals surface area (Å²) in [5.41, 5.74) is 0.485. The lowest BCUT2D eigenvalue weighted by atomic mass is 9.96. The summed E-state index contributed by atoms with van der Waals surface area (Å²) in [4.78, 5) is 21.4. The van der Waals surface area contributed by atoms with Crippen molar-refractivity contribution in [3.63, 3.8) is 0 Å². The number of carboxylic acid groups (broad SMARTS) is 2. The van der Waals surface area contributed by atoms with Crippen molar-refractivity contribution in [1.82, 2.24) is 0 Å². The van der Waals surface area contributed by atoms with E-state index in [0.29, 0.717) is 5.56 Å². The van der Waals surface area contributed by atoms with Crippen LogP contribution < -0.4 is 0 Å². The molecule has 0 unspecified atom stereocenters. The predicted molar refractivity (Wildman–Crippen MR) is 56.8 cm³/mol. The van der Waals surface area contributed by atoms with Crippen LogP contribution in [0.2, 0.25) is 0 Å². The van der Waals surface area contributed by atoms with Gasteiger partial charge in [-0.3, -0.25) is 9.59 Å². The van der Waals surface area contributed by atoms with E-state index in [0.717, 1.165) is 4.47 Å². The molecule has 0 aliphatic heterocycles. The van der Waals surface area contributed by atoms with Crippen LogP contribution in [-0.2, 0) is 9.59 Å². The minimum Gasteiger partial charge on any atom is -0.481 e. The van der Waals surface area contributed by atoms with Gasteiger partial charge in [0.15, 0.2) is 0 Å². The first-order valence-corrected chi connectivity index (χ1v) is 5.00. The molecule has 0 saturated heterocycles. The molecule has 0 aliphatic carbocycles. The topological polar surface area (TPSA) is 74.6 Å². The highest BCUT2D eigenvalue weighted by molar-refractivity contribution is 9.10. The van der Waals surface area contributed by atoms with E-state index in [1.807, 2.05) is 0 Å². The minimum atomic E-state index is -1.13. The monoisotopic (exact) mass is 272 g/mol. The summed E-state index contributed by atoms with van der Waals surface area (Å²) in [6, 6.07) is 6.65. The van der Waals surface area contributed by atoms with Crippen molar-refractivity contribution in [2.45, 2.75) is 12.3 Å². The van der Waals surface area contributed by atoms with Crippen molar-refractivity contribution in [3.8, 4) is 0 Å². The fourth-order valence-corrected chi connectivity index (χ4v) is 1.66. The highest BCUT2D eigenvalue weighted by atomic mass is 79.9. The molecule has 15 heavy (non-hydrogen) atoms. The lowest BCUT2D eigenvalue weighted by Crippen LogP contribution is -2.15. The normalized spacial score (nSPS) is 12.1. The molecule has 0 fully saturated rings. The van der Waals surface area contributed by atoms with Crippen molar-refractivity contribution in [2.24, 2.45) is 0 Å². The number of hydrogen-bond acceptors (Lipinski definition) is 2. The maximum absolute atomic E-state index is 10.9. The van der Waals surface area contributed by atoms with Gasteiger partial charge in [0.05, 0.1) is 12.3 Å². The second-order valence-electron chi connectivity index (χ2n) is 3.04. The van der Waals surface area contributed by atoms with Gasteiger partial charge in [0, 0.05) is 4.47 Å². The van der Waals surface area contributed by atoms with Crippen molar-refractivity contribution >= 4 is 27.9 Å². The molecule has 1 atom stereocenters. The Hall–Kier alpha value is -1.36. The molecule has 0 aromatic heterocycles. The first-order valence-electron chi connectivity index (χ1n) is 4.20. The summed E-state index contributed by atoms with van der Waals surface area (Å²) in [7, 11) is 0. The van der Waals surface area contributed by atoms with E-state index >= 15 is 0 Å². The molecule has 5 heteroatoms. The molecule has 80 valence electrons. The van der Waals surface area contributed by atoms with Gasteiger partial charge in [-0.15, -0.1) is 0 Å². The average molecular weight is 273 g/mol. The highest BCUT2D eigenvalue weighted by Gasteiger charge is 2.22. The summed E-state index contributed by atoms with van der Waals surface area (Å²) in [5.74, 6) is -3.25. The van der Waals surface area contributed by atoms with E-state index in [2.05, 4.69) is 15.9 Å². The van der Waals surface area contributed by atoms with Gasteiger partial charge in [-0.05, 0) is 17.7 Å². The van der Waals surface area contributed by atoms with Gasteiger partial charge in [-0.25, -0.2) is 0 Å². The van der Waals surface area contributed by atoms with Crippen molar-refractivity contribution < 1.29 is 19.8 Å². The second-order valence-corrected chi connectivity index (χ2v) is 3.96. The molecule has 2 N–H and O–H groups in total. The number of hydrogen-bond donors (Lipinski definition) is 2. The molecule has 0 radical (unpaired) electrons. The van der Waals surface area contributed by atoms with Gasteiger partial charge in [-0.2, -0.15) is 0 Å². The third-order valence-electron chi connectivity index (χ3n) is 1.93. The van der Waals surface area contributed by atoms with E-state index < -0.39 is 24.3 Å². The quantitative estimate of drug-likeness (QED) is 0.880. The standard InChI is InChI=1S/C10H9BrO4/c11-7-3-1-2-6(4-7)8(10(14)15)5-9(12)13/h1-4,8H,5H2,(H,12,13)(H,14,15)/t8-/m0/s1. The molecular formula is C10H9BrO4. The van der Waals surface area contributed by atoms with Crippen LogP contribution in [0.15, 0.2) is 28.7 Å². The number of carboxylic acids is 2. The zero-order valence-electron chi connectivity index (χ0n) is 7.68. The largest absolute Gasteiger partial charge is 0.481 e. The number of benzene rings is 1. The van der Waals surface area contributed by atoms with E-state index in [9.17, 15) is 9.59 Å². The van der Waals surface area contributed by atoms with Gasteiger partial charge in [0.25, 0.3) is 0 Å². The summed E-state index contributed by atoms with van der Waals surface area (Å²) in [6.45, 7) is 0. The van der Waals surface area contributed by atoms with Crippen molar-refractivity contribution in [1.29, 1.82) is 0 Å². The van der Waals surface area contributed by atoms with E-state index in [-0.39, 0.29) is 0 Å². The number of carbonyl (C=O) groups is 2. The second kappa shape index (κ2) is 4.93.